The first kappa shape index (κ1) is 13.9. The van der Waals surface area contributed by atoms with E-state index in [-0.39, 0.29) is 5.57 Å². The molecule has 0 aliphatic carbocycles. The van der Waals surface area contributed by atoms with E-state index in [9.17, 15) is 4.79 Å². The molecule has 0 aliphatic heterocycles. The van der Waals surface area contributed by atoms with Crippen LogP contribution in [0.3, 0.4) is 0 Å². The number of nitriles is 1. The van der Waals surface area contributed by atoms with Gasteiger partial charge in [-0.3, -0.25) is 4.79 Å². The molecule has 1 amide bonds. The predicted molar refractivity (Wildman–Crippen MR) is 80.1 cm³/mol. The fourth-order valence-corrected chi connectivity index (χ4v) is 1.72. The van der Waals surface area contributed by atoms with Gasteiger partial charge in [0.05, 0.1) is 0 Å². The van der Waals surface area contributed by atoms with Crippen molar-refractivity contribution < 1.29 is 4.79 Å². The van der Waals surface area contributed by atoms with Crippen LogP contribution >= 0.6 is 11.6 Å². The van der Waals surface area contributed by atoms with Crippen molar-refractivity contribution >= 4 is 29.3 Å². The fraction of sp³-hybridized carbons (Fsp3) is 0. The zero-order chi connectivity index (χ0) is 14.4. The third-order valence-corrected chi connectivity index (χ3v) is 2.83. The smallest absolute Gasteiger partial charge is 0.266 e. The van der Waals surface area contributed by atoms with Crippen molar-refractivity contribution in [3.63, 3.8) is 0 Å². The van der Waals surface area contributed by atoms with Crippen LogP contribution in [0.4, 0.5) is 5.69 Å². The first-order valence-corrected chi connectivity index (χ1v) is 6.30. The van der Waals surface area contributed by atoms with Gasteiger partial charge in [-0.25, -0.2) is 0 Å². The number of nitrogens with zero attached hydrogens (tertiary/aromatic N) is 1. The molecule has 0 fully saturated rings. The van der Waals surface area contributed by atoms with E-state index in [1.807, 2.05) is 24.3 Å². The van der Waals surface area contributed by atoms with Gasteiger partial charge in [0.15, 0.2) is 0 Å². The lowest BCUT2D eigenvalue weighted by Gasteiger charge is -2.03. The summed E-state index contributed by atoms with van der Waals surface area (Å²) in [6, 6.07) is 17.8. The maximum absolute atomic E-state index is 12.0. The van der Waals surface area contributed by atoms with Gasteiger partial charge in [-0.15, -0.1) is 0 Å². The van der Waals surface area contributed by atoms with E-state index >= 15 is 0 Å². The molecular weight excluding hydrogens is 272 g/mol. The lowest BCUT2D eigenvalue weighted by molar-refractivity contribution is -0.112. The zero-order valence-electron chi connectivity index (χ0n) is 10.5. The van der Waals surface area contributed by atoms with Crippen LogP contribution in [-0.2, 0) is 4.79 Å². The van der Waals surface area contributed by atoms with Crippen molar-refractivity contribution in [1.82, 2.24) is 0 Å². The molecule has 20 heavy (non-hydrogen) atoms. The number of halogens is 1. The zero-order valence-corrected chi connectivity index (χ0v) is 11.3. The van der Waals surface area contributed by atoms with Crippen molar-refractivity contribution in [1.29, 1.82) is 5.26 Å². The van der Waals surface area contributed by atoms with Gasteiger partial charge in [0.2, 0.25) is 0 Å². The number of carbonyl (C=O) groups is 1. The monoisotopic (exact) mass is 282 g/mol. The minimum Gasteiger partial charge on any atom is -0.321 e. The normalized spacial score (nSPS) is 10.7. The maximum Gasteiger partial charge on any atom is 0.266 e. The van der Waals surface area contributed by atoms with Gasteiger partial charge in [-0.05, 0) is 35.9 Å². The minimum absolute atomic E-state index is 0.0381. The van der Waals surface area contributed by atoms with Crippen LogP contribution in [-0.4, -0.2) is 5.91 Å². The van der Waals surface area contributed by atoms with E-state index in [1.54, 1.807) is 36.4 Å². The summed E-state index contributed by atoms with van der Waals surface area (Å²) < 4.78 is 0. The van der Waals surface area contributed by atoms with Crippen molar-refractivity contribution in [3.05, 3.63) is 70.8 Å². The molecule has 3 nitrogen and oxygen atoms in total. The highest BCUT2D eigenvalue weighted by Gasteiger charge is 2.09. The number of rotatable bonds is 3. The molecule has 0 spiro atoms. The molecule has 2 rings (SSSR count). The standard InChI is InChI=1S/C16H11ClN2O/c17-14-8-6-12(7-9-14)10-13(11-18)16(20)19-15-4-2-1-3-5-15/h1-10H,(H,19,20)/b13-10+. The molecule has 4 heteroatoms. The Kier molecular flexibility index (Phi) is 4.54. The predicted octanol–water partition coefficient (Wildman–Crippen LogP) is 3.89. The van der Waals surface area contributed by atoms with Gasteiger partial charge in [0.1, 0.15) is 11.6 Å². The molecule has 0 saturated carbocycles. The Bertz CT molecular complexity index is 670. The lowest BCUT2D eigenvalue weighted by atomic mass is 10.1. The Morgan fingerprint density at radius 3 is 2.35 bits per heavy atom. The molecule has 98 valence electrons. The summed E-state index contributed by atoms with van der Waals surface area (Å²) in [4.78, 5) is 12.0. The second-order valence-electron chi connectivity index (χ2n) is 4.04. The van der Waals surface area contributed by atoms with Gasteiger partial charge < -0.3 is 5.32 Å². The van der Waals surface area contributed by atoms with Crippen molar-refractivity contribution in [2.24, 2.45) is 0 Å². The summed E-state index contributed by atoms with van der Waals surface area (Å²) in [6.45, 7) is 0. The van der Waals surface area contributed by atoms with Gasteiger partial charge in [-0.1, -0.05) is 41.9 Å². The number of amides is 1. The van der Waals surface area contributed by atoms with Crippen LogP contribution in [0, 0.1) is 11.3 Å². The van der Waals surface area contributed by atoms with E-state index in [4.69, 9.17) is 16.9 Å². The summed E-state index contributed by atoms with van der Waals surface area (Å²) >= 11 is 5.79. The van der Waals surface area contributed by atoms with Crippen LogP contribution < -0.4 is 5.32 Å². The summed E-state index contributed by atoms with van der Waals surface area (Å²) in [6.07, 6.45) is 1.52. The van der Waals surface area contributed by atoms with Crippen molar-refractivity contribution in [2.45, 2.75) is 0 Å². The second kappa shape index (κ2) is 6.55. The molecule has 0 radical (unpaired) electrons. The topological polar surface area (TPSA) is 52.9 Å². The van der Waals surface area contributed by atoms with Gasteiger partial charge in [-0.2, -0.15) is 5.26 Å². The molecule has 2 aromatic rings. The highest BCUT2D eigenvalue weighted by Crippen LogP contribution is 2.14. The van der Waals surface area contributed by atoms with E-state index < -0.39 is 5.91 Å². The molecule has 2 aromatic carbocycles. The van der Waals surface area contributed by atoms with Crippen LogP contribution in [0.1, 0.15) is 5.56 Å². The Labute approximate surface area is 122 Å². The fourth-order valence-electron chi connectivity index (χ4n) is 1.59. The van der Waals surface area contributed by atoms with Crippen LogP contribution in [0.25, 0.3) is 6.08 Å². The maximum atomic E-state index is 12.0. The average molecular weight is 283 g/mol. The Morgan fingerprint density at radius 2 is 1.75 bits per heavy atom. The third kappa shape index (κ3) is 3.71. The van der Waals surface area contributed by atoms with Gasteiger partial charge in [0.25, 0.3) is 5.91 Å². The molecule has 0 atom stereocenters. The minimum atomic E-state index is -0.436. The Balaban J connectivity index is 2.18. The molecule has 0 saturated heterocycles. The summed E-state index contributed by atoms with van der Waals surface area (Å²) in [5.74, 6) is -0.436. The third-order valence-electron chi connectivity index (χ3n) is 2.58. The molecule has 0 heterocycles. The number of benzene rings is 2. The molecule has 0 aliphatic rings. The number of carbonyl (C=O) groups excluding carboxylic acids is 1. The van der Waals surface area contributed by atoms with Gasteiger partial charge in [0, 0.05) is 10.7 Å². The SMILES string of the molecule is N#C/C(=C\c1ccc(Cl)cc1)C(=O)Nc1ccccc1. The average Bonchev–Trinajstić information content (AvgIpc) is 2.47. The van der Waals surface area contributed by atoms with E-state index in [2.05, 4.69) is 5.32 Å². The Hall–Kier alpha value is -2.57. The van der Waals surface area contributed by atoms with Crippen LogP contribution in [0.15, 0.2) is 60.2 Å². The molecular formula is C16H11ClN2O. The first-order chi connectivity index (χ1) is 9.69. The van der Waals surface area contributed by atoms with Crippen LogP contribution in [0.5, 0.6) is 0 Å². The molecule has 1 N–H and O–H groups in total. The highest BCUT2D eigenvalue weighted by atomic mass is 35.5. The Morgan fingerprint density at radius 1 is 1.10 bits per heavy atom. The lowest BCUT2D eigenvalue weighted by Crippen LogP contribution is -2.13. The summed E-state index contributed by atoms with van der Waals surface area (Å²) in [7, 11) is 0. The second-order valence-corrected chi connectivity index (χ2v) is 4.48. The largest absolute Gasteiger partial charge is 0.321 e. The molecule has 0 bridgehead atoms. The number of hydrogen-bond donors (Lipinski definition) is 1. The quantitative estimate of drug-likeness (QED) is 0.686. The first-order valence-electron chi connectivity index (χ1n) is 5.93. The summed E-state index contributed by atoms with van der Waals surface area (Å²) in [5, 5.41) is 12.4. The van der Waals surface area contributed by atoms with Crippen LogP contribution in [0.2, 0.25) is 5.02 Å². The van der Waals surface area contributed by atoms with E-state index in [1.165, 1.54) is 6.08 Å². The highest BCUT2D eigenvalue weighted by molar-refractivity contribution is 6.30. The van der Waals surface area contributed by atoms with Gasteiger partial charge >= 0.3 is 0 Å². The van der Waals surface area contributed by atoms with E-state index in [0.717, 1.165) is 5.56 Å². The number of para-hydroxylation sites is 1. The number of anilines is 1. The van der Waals surface area contributed by atoms with Crippen molar-refractivity contribution in [2.75, 3.05) is 5.32 Å². The molecule has 0 unspecified atom stereocenters. The summed E-state index contributed by atoms with van der Waals surface area (Å²) in [5.41, 5.74) is 1.43. The van der Waals surface area contributed by atoms with Crippen molar-refractivity contribution in [3.8, 4) is 6.07 Å². The molecule has 0 aromatic heterocycles. The van der Waals surface area contributed by atoms with E-state index in [0.29, 0.717) is 10.7 Å². The number of hydrogen-bond acceptors (Lipinski definition) is 2. The number of nitrogens with one attached hydrogen (secondary N) is 1.